The van der Waals surface area contributed by atoms with Gasteiger partial charge in [0.1, 0.15) is 11.9 Å². The SMILES string of the molecule is CCOC(=O)C1=C(CN2CCC3=C(CNC3=O)C2)NC(c2nccs2)=N[C@H]1c1cccc(F)c1C. The van der Waals surface area contributed by atoms with Crippen LogP contribution in [-0.4, -0.2) is 60.4 Å². The van der Waals surface area contributed by atoms with E-state index in [-0.39, 0.29) is 18.3 Å². The number of hydrogen-bond donors (Lipinski definition) is 2. The Bertz CT molecular complexity index is 1270. The van der Waals surface area contributed by atoms with Crippen molar-refractivity contribution in [3.05, 3.63) is 74.1 Å². The maximum atomic E-state index is 14.6. The van der Waals surface area contributed by atoms with Crippen LogP contribution in [0.1, 0.15) is 35.5 Å². The summed E-state index contributed by atoms with van der Waals surface area (Å²) in [5.74, 6) is -0.293. The lowest BCUT2D eigenvalue weighted by atomic mass is 9.92. The van der Waals surface area contributed by atoms with Crippen molar-refractivity contribution in [3.8, 4) is 0 Å². The molecule has 0 fully saturated rings. The number of halogens is 1. The number of benzene rings is 1. The van der Waals surface area contributed by atoms with Gasteiger partial charge in [-0.05, 0) is 43.0 Å². The Morgan fingerprint density at radius 2 is 2.23 bits per heavy atom. The molecule has 4 heterocycles. The Balaban J connectivity index is 1.57. The normalized spacial score (nSPS) is 20.4. The van der Waals surface area contributed by atoms with E-state index in [0.29, 0.717) is 65.8 Å². The van der Waals surface area contributed by atoms with Crippen LogP contribution >= 0.6 is 11.3 Å². The number of rotatable bonds is 6. The van der Waals surface area contributed by atoms with E-state index in [0.717, 1.165) is 11.1 Å². The number of ether oxygens (including phenoxy) is 1. The molecule has 0 bridgehead atoms. The smallest absolute Gasteiger partial charge is 0.338 e. The molecular weight excluding hydrogens is 469 g/mol. The molecular formula is C25H26FN5O3S. The quantitative estimate of drug-likeness (QED) is 0.599. The largest absolute Gasteiger partial charge is 0.463 e. The first kappa shape index (κ1) is 23.4. The van der Waals surface area contributed by atoms with Gasteiger partial charge in [0.25, 0.3) is 0 Å². The minimum absolute atomic E-state index is 0.0155. The van der Waals surface area contributed by atoms with Crippen LogP contribution in [0.25, 0.3) is 0 Å². The second-order valence-electron chi connectivity index (χ2n) is 8.63. The van der Waals surface area contributed by atoms with Crippen molar-refractivity contribution < 1.29 is 18.7 Å². The van der Waals surface area contributed by atoms with Crippen molar-refractivity contribution in [2.24, 2.45) is 4.99 Å². The van der Waals surface area contributed by atoms with Gasteiger partial charge in [0.2, 0.25) is 5.91 Å². The van der Waals surface area contributed by atoms with Gasteiger partial charge >= 0.3 is 5.97 Å². The second-order valence-corrected chi connectivity index (χ2v) is 9.53. The molecule has 3 aliphatic heterocycles. The Kier molecular flexibility index (Phi) is 6.48. The maximum Gasteiger partial charge on any atom is 0.338 e. The zero-order valence-electron chi connectivity index (χ0n) is 19.6. The van der Waals surface area contributed by atoms with Crippen LogP contribution in [0.4, 0.5) is 4.39 Å². The molecule has 3 aliphatic rings. The highest BCUT2D eigenvalue weighted by Crippen LogP contribution is 2.35. The third-order valence-corrected chi connectivity index (χ3v) is 7.28. The van der Waals surface area contributed by atoms with Gasteiger partial charge in [-0.1, -0.05) is 12.1 Å². The zero-order chi connectivity index (χ0) is 24.5. The van der Waals surface area contributed by atoms with Crippen LogP contribution in [0.15, 0.2) is 57.2 Å². The molecule has 0 aliphatic carbocycles. The van der Waals surface area contributed by atoms with Gasteiger partial charge in [0.15, 0.2) is 10.8 Å². The fourth-order valence-corrected chi connectivity index (χ4v) is 5.33. The molecule has 0 saturated heterocycles. The first-order valence-electron chi connectivity index (χ1n) is 11.6. The number of carbonyl (C=O) groups is 2. The molecule has 1 atom stereocenters. The third kappa shape index (κ3) is 4.51. The van der Waals surface area contributed by atoms with Crippen LogP contribution in [0.3, 0.4) is 0 Å². The van der Waals surface area contributed by atoms with Crippen molar-refractivity contribution in [3.63, 3.8) is 0 Å². The van der Waals surface area contributed by atoms with Gasteiger partial charge in [-0.3, -0.25) is 14.7 Å². The van der Waals surface area contributed by atoms with E-state index in [1.165, 1.54) is 17.4 Å². The van der Waals surface area contributed by atoms with E-state index in [4.69, 9.17) is 9.73 Å². The molecule has 182 valence electrons. The van der Waals surface area contributed by atoms with Crippen LogP contribution in [0.5, 0.6) is 0 Å². The Labute approximate surface area is 206 Å². The summed E-state index contributed by atoms with van der Waals surface area (Å²) in [6, 6.07) is 4.08. The van der Waals surface area contributed by atoms with E-state index in [1.54, 1.807) is 32.2 Å². The van der Waals surface area contributed by atoms with Crippen LogP contribution in [0, 0.1) is 12.7 Å². The predicted molar refractivity (Wildman–Crippen MR) is 130 cm³/mol. The van der Waals surface area contributed by atoms with Crippen molar-refractivity contribution in [2.75, 3.05) is 32.8 Å². The number of aliphatic imine (C=N–C) groups is 1. The Morgan fingerprint density at radius 3 is 3.00 bits per heavy atom. The van der Waals surface area contributed by atoms with E-state index >= 15 is 0 Å². The van der Waals surface area contributed by atoms with Crippen molar-refractivity contribution in [1.82, 2.24) is 20.5 Å². The highest BCUT2D eigenvalue weighted by molar-refractivity contribution is 7.11. The van der Waals surface area contributed by atoms with Gasteiger partial charge in [0.05, 0.1) is 12.2 Å². The van der Waals surface area contributed by atoms with E-state index in [2.05, 4.69) is 20.5 Å². The molecule has 35 heavy (non-hydrogen) atoms. The molecule has 0 unspecified atom stereocenters. The molecule has 2 N–H and O–H groups in total. The molecule has 1 amide bonds. The van der Waals surface area contributed by atoms with Crippen molar-refractivity contribution >= 4 is 29.0 Å². The van der Waals surface area contributed by atoms with Crippen LogP contribution in [0.2, 0.25) is 0 Å². The Hall–Kier alpha value is -3.37. The molecule has 1 aromatic heterocycles. The summed E-state index contributed by atoms with van der Waals surface area (Å²) < 4.78 is 20.0. The number of thiazole rings is 1. The lowest BCUT2D eigenvalue weighted by Gasteiger charge is -2.32. The zero-order valence-corrected chi connectivity index (χ0v) is 20.4. The summed E-state index contributed by atoms with van der Waals surface area (Å²) in [6.07, 6.45) is 2.35. The predicted octanol–water partition coefficient (Wildman–Crippen LogP) is 2.63. The van der Waals surface area contributed by atoms with E-state index in [1.807, 2.05) is 5.38 Å². The lowest BCUT2D eigenvalue weighted by molar-refractivity contribution is -0.139. The molecule has 1 aromatic carbocycles. The van der Waals surface area contributed by atoms with Gasteiger partial charge in [-0.2, -0.15) is 0 Å². The second kappa shape index (κ2) is 9.71. The average molecular weight is 496 g/mol. The number of amides is 1. The standard InChI is InChI=1S/C25H26FN5O3S/c1-3-34-25(33)20-19(13-31-9-7-17-15(12-31)11-28-23(17)32)29-22(24-27-8-10-35-24)30-21(20)16-5-4-6-18(26)14(16)2/h4-6,8,10,21H,3,7,9,11-13H2,1-2H3,(H,28,32)(H,29,30)/t21-/m0/s1. The maximum absolute atomic E-state index is 14.6. The van der Waals surface area contributed by atoms with Crippen LogP contribution < -0.4 is 10.6 Å². The molecule has 0 saturated carbocycles. The highest BCUT2D eigenvalue weighted by Gasteiger charge is 2.36. The minimum Gasteiger partial charge on any atom is -0.463 e. The lowest BCUT2D eigenvalue weighted by Crippen LogP contribution is -2.41. The van der Waals surface area contributed by atoms with E-state index < -0.39 is 12.0 Å². The first-order chi connectivity index (χ1) is 17.0. The molecule has 10 heteroatoms. The molecule has 0 spiro atoms. The molecule has 5 rings (SSSR count). The number of nitrogens with zero attached hydrogens (tertiary/aromatic N) is 3. The summed E-state index contributed by atoms with van der Waals surface area (Å²) in [4.78, 5) is 36.7. The number of esters is 1. The first-order valence-corrected chi connectivity index (χ1v) is 12.5. The number of aromatic nitrogens is 1. The Morgan fingerprint density at radius 1 is 1.37 bits per heavy atom. The molecule has 0 radical (unpaired) electrons. The molecule has 8 nitrogen and oxygen atoms in total. The van der Waals surface area contributed by atoms with Gasteiger partial charge < -0.3 is 15.4 Å². The van der Waals surface area contributed by atoms with Crippen molar-refractivity contribution in [1.29, 1.82) is 0 Å². The highest BCUT2D eigenvalue weighted by atomic mass is 32.1. The summed E-state index contributed by atoms with van der Waals surface area (Å²) in [5.41, 5.74) is 4.01. The summed E-state index contributed by atoms with van der Waals surface area (Å²) in [7, 11) is 0. The fraction of sp³-hybridized carbons (Fsp3) is 0.360. The topological polar surface area (TPSA) is 95.9 Å². The number of nitrogens with one attached hydrogen (secondary N) is 2. The minimum atomic E-state index is -0.741. The summed E-state index contributed by atoms with van der Waals surface area (Å²) >= 11 is 1.43. The monoisotopic (exact) mass is 495 g/mol. The van der Waals surface area contributed by atoms with Gasteiger partial charge in [0, 0.05) is 49.0 Å². The number of carbonyl (C=O) groups excluding carboxylic acids is 2. The average Bonchev–Trinajstić information content (AvgIpc) is 3.51. The van der Waals surface area contributed by atoms with Gasteiger partial charge in [-0.25, -0.2) is 14.2 Å². The van der Waals surface area contributed by atoms with E-state index in [9.17, 15) is 14.0 Å². The summed E-state index contributed by atoms with van der Waals surface area (Å²) in [6.45, 7) is 5.94. The third-order valence-electron chi connectivity index (χ3n) is 6.50. The van der Waals surface area contributed by atoms with Crippen LogP contribution in [-0.2, 0) is 14.3 Å². The van der Waals surface area contributed by atoms with Gasteiger partial charge in [-0.15, -0.1) is 11.3 Å². The summed E-state index contributed by atoms with van der Waals surface area (Å²) in [5, 5.41) is 8.77. The fourth-order valence-electron chi connectivity index (χ4n) is 4.74. The number of hydrogen-bond acceptors (Lipinski definition) is 8. The number of amidine groups is 1. The molecule has 2 aromatic rings. The van der Waals surface area contributed by atoms with Crippen molar-refractivity contribution in [2.45, 2.75) is 26.3 Å².